The normalized spacial score (nSPS) is 13.1. The molecule has 0 amide bonds. The number of hydrogen-bond donors (Lipinski definition) is 3. The van der Waals surface area contributed by atoms with Crippen LogP contribution in [0.4, 0.5) is 0 Å². The van der Waals surface area contributed by atoms with Gasteiger partial charge >= 0.3 is 0 Å². The van der Waals surface area contributed by atoms with Crippen LogP contribution in [0.1, 0.15) is 67.9 Å². The van der Waals surface area contributed by atoms with Crippen LogP contribution >= 0.6 is 0 Å². The lowest BCUT2D eigenvalue weighted by molar-refractivity contribution is -0.00977. The highest BCUT2D eigenvalue weighted by molar-refractivity contribution is 5.50. The number of benzene rings is 3. The summed E-state index contributed by atoms with van der Waals surface area (Å²) in [6, 6.07) is 14.1. The molecule has 35 heavy (non-hydrogen) atoms. The number of aromatic hydroxyl groups is 3. The van der Waals surface area contributed by atoms with Crippen molar-refractivity contribution in [2.24, 2.45) is 5.92 Å². The molecular weight excluding hydrogens is 440 g/mol. The van der Waals surface area contributed by atoms with Gasteiger partial charge in [0.2, 0.25) is 0 Å². The monoisotopic (exact) mass is 478 g/mol. The summed E-state index contributed by atoms with van der Waals surface area (Å²) in [5.41, 5.74) is 3.63. The number of aryl methyl sites for hydroxylation is 2. The fourth-order valence-corrected chi connectivity index (χ4v) is 4.51. The first kappa shape index (κ1) is 26.4. The fraction of sp³-hybridized carbons (Fsp3) is 0.400. The Morgan fingerprint density at radius 2 is 1.60 bits per heavy atom. The highest BCUT2D eigenvalue weighted by Gasteiger charge is 2.29. The van der Waals surface area contributed by atoms with E-state index in [-0.39, 0.29) is 17.2 Å². The Kier molecular flexibility index (Phi) is 8.34. The zero-order valence-electron chi connectivity index (χ0n) is 21.7. The molecule has 0 aliphatic carbocycles. The molecule has 188 valence electrons. The largest absolute Gasteiger partial charge is 0.508 e. The Hall–Kier alpha value is -3.18. The van der Waals surface area contributed by atoms with Gasteiger partial charge in [-0.1, -0.05) is 32.4 Å². The molecular formula is C30H38O5. The van der Waals surface area contributed by atoms with Gasteiger partial charge < -0.3 is 24.8 Å². The summed E-state index contributed by atoms with van der Waals surface area (Å²) in [5.74, 6) is 2.08. The van der Waals surface area contributed by atoms with Crippen molar-refractivity contribution in [3.63, 3.8) is 0 Å². The van der Waals surface area contributed by atoms with Gasteiger partial charge in [-0.05, 0) is 80.5 Å². The smallest absolute Gasteiger partial charge is 0.131 e. The van der Waals surface area contributed by atoms with Crippen molar-refractivity contribution in [3.05, 3.63) is 76.3 Å². The maximum atomic E-state index is 10.9. The molecule has 3 rings (SSSR count). The first-order valence-electron chi connectivity index (χ1n) is 12.2. The van der Waals surface area contributed by atoms with Crippen molar-refractivity contribution < 1.29 is 24.8 Å². The summed E-state index contributed by atoms with van der Waals surface area (Å²) in [6.45, 7) is 10.2. The van der Waals surface area contributed by atoms with E-state index < -0.39 is 5.60 Å². The Morgan fingerprint density at radius 3 is 2.20 bits per heavy atom. The number of ether oxygens (including phenoxy) is 2. The quantitative estimate of drug-likeness (QED) is 0.281. The minimum Gasteiger partial charge on any atom is -0.508 e. The van der Waals surface area contributed by atoms with Crippen LogP contribution in [0.25, 0.3) is 0 Å². The Morgan fingerprint density at radius 1 is 0.886 bits per heavy atom. The SMILES string of the molecule is CO[C@@](C)(CCCC(C)C)c1ccc(Cc2c(C)cc(Oc3cc(C)cc(O)c3)cc2O)cc1O. The summed E-state index contributed by atoms with van der Waals surface area (Å²) >= 11 is 0. The second kappa shape index (κ2) is 11.0. The van der Waals surface area contributed by atoms with E-state index in [4.69, 9.17) is 9.47 Å². The third-order valence-electron chi connectivity index (χ3n) is 6.59. The number of methoxy groups -OCH3 is 1. The van der Waals surface area contributed by atoms with Crippen LogP contribution in [-0.4, -0.2) is 22.4 Å². The molecule has 0 spiro atoms. The van der Waals surface area contributed by atoms with Gasteiger partial charge in [0, 0.05) is 36.8 Å². The molecule has 3 N–H and O–H groups in total. The van der Waals surface area contributed by atoms with Crippen molar-refractivity contribution in [1.29, 1.82) is 0 Å². The van der Waals surface area contributed by atoms with Crippen molar-refractivity contribution in [3.8, 4) is 28.7 Å². The second-order valence-corrected chi connectivity index (χ2v) is 10.1. The first-order valence-corrected chi connectivity index (χ1v) is 12.2. The predicted octanol–water partition coefficient (Wildman–Crippen LogP) is 7.49. The van der Waals surface area contributed by atoms with Gasteiger partial charge in [-0.2, -0.15) is 0 Å². The number of rotatable bonds is 10. The maximum absolute atomic E-state index is 10.9. The van der Waals surface area contributed by atoms with Crippen molar-refractivity contribution in [2.75, 3.05) is 7.11 Å². The van der Waals surface area contributed by atoms with Gasteiger partial charge in [0.1, 0.15) is 28.7 Å². The second-order valence-electron chi connectivity index (χ2n) is 10.1. The van der Waals surface area contributed by atoms with Gasteiger partial charge in [0.25, 0.3) is 0 Å². The molecule has 1 atom stereocenters. The molecule has 5 heteroatoms. The maximum Gasteiger partial charge on any atom is 0.131 e. The van der Waals surface area contributed by atoms with Gasteiger partial charge in [-0.15, -0.1) is 0 Å². The highest BCUT2D eigenvalue weighted by Crippen LogP contribution is 2.38. The Balaban J connectivity index is 1.79. The molecule has 3 aromatic rings. The van der Waals surface area contributed by atoms with Crippen molar-refractivity contribution in [2.45, 2.75) is 65.9 Å². The molecule has 0 saturated carbocycles. The van der Waals surface area contributed by atoms with Crippen LogP contribution in [0.5, 0.6) is 28.7 Å². The number of phenolic OH excluding ortho intramolecular Hbond substituents is 3. The van der Waals surface area contributed by atoms with E-state index in [0.29, 0.717) is 23.8 Å². The molecule has 0 aromatic heterocycles. The molecule has 0 unspecified atom stereocenters. The molecule has 3 aromatic carbocycles. The lowest BCUT2D eigenvalue weighted by atomic mass is 9.87. The third kappa shape index (κ3) is 6.70. The summed E-state index contributed by atoms with van der Waals surface area (Å²) in [7, 11) is 1.69. The van der Waals surface area contributed by atoms with E-state index in [0.717, 1.165) is 47.1 Å². The average molecular weight is 479 g/mol. The zero-order valence-corrected chi connectivity index (χ0v) is 21.7. The van der Waals surface area contributed by atoms with E-state index in [1.165, 1.54) is 6.07 Å². The van der Waals surface area contributed by atoms with Gasteiger partial charge in [-0.3, -0.25) is 0 Å². The molecule has 5 nitrogen and oxygen atoms in total. The van der Waals surface area contributed by atoms with Crippen LogP contribution in [0.15, 0.2) is 48.5 Å². The van der Waals surface area contributed by atoms with Gasteiger partial charge in [0.15, 0.2) is 0 Å². The molecule has 0 bridgehead atoms. The molecule has 0 saturated heterocycles. The summed E-state index contributed by atoms with van der Waals surface area (Å²) in [5, 5.41) is 31.4. The summed E-state index contributed by atoms with van der Waals surface area (Å²) < 4.78 is 11.7. The van der Waals surface area contributed by atoms with E-state index in [2.05, 4.69) is 13.8 Å². The van der Waals surface area contributed by atoms with Crippen LogP contribution in [0.3, 0.4) is 0 Å². The molecule has 0 heterocycles. The first-order chi connectivity index (χ1) is 16.5. The van der Waals surface area contributed by atoms with Crippen LogP contribution in [0.2, 0.25) is 0 Å². The van der Waals surface area contributed by atoms with Crippen LogP contribution in [-0.2, 0) is 16.8 Å². The van der Waals surface area contributed by atoms with Crippen molar-refractivity contribution in [1.82, 2.24) is 0 Å². The fourth-order valence-electron chi connectivity index (χ4n) is 4.51. The van der Waals surface area contributed by atoms with E-state index in [1.54, 1.807) is 25.3 Å². The van der Waals surface area contributed by atoms with Crippen molar-refractivity contribution >= 4 is 0 Å². The topological polar surface area (TPSA) is 79.2 Å². The van der Waals surface area contributed by atoms with Crippen LogP contribution in [0, 0.1) is 19.8 Å². The van der Waals surface area contributed by atoms with E-state index in [1.807, 2.05) is 45.0 Å². The number of phenols is 3. The van der Waals surface area contributed by atoms with Crippen LogP contribution < -0.4 is 4.74 Å². The Labute approximate surface area is 209 Å². The molecule has 0 fully saturated rings. The number of hydrogen-bond acceptors (Lipinski definition) is 5. The molecule has 0 aliphatic heterocycles. The Bertz CT molecular complexity index is 1120. The minimum atomic E-state index is -0.557. The predicted molar refractivity (Wildman–Crippen MR) is 140 cm³/mol. The average Bonchev–Trinajstić information content (AvgIpc) is 2.75. The molecule has 0 radical (unpaired) electrons. The van der Waals surface area contributed by atoms with Gasteiger partial charge in [-0.25, -0.2) is 0 Å². The highest BCUT2D eigenvalue weighted by atomic mass is 16.5. The lowest BCUT2D eigenvalue weighted by Crippen LogP contribution is -2.24. The minimum absolute atomic E-state index is 0.121. The standard InChI is InChI=1S/C30H38O5/c1-19(2)8-7-11-30(5,34-6)27-10-9-22(16-29(27)33)15-26-21(4)14-25(18-28(26)32)35-24-13-20(3)12-23(31)17-24/h9-10,12-14,16-19,31-33H,7-8,11,15H2,1-6H3/t30-/m0/s1. The third-order valence-corrected chi connectivity index (χ3v) is 6.59. The summed E-state index contributed by atoms with van der Waals surface area (Å²) in [6.07, 6.45) is 3.43. The van der Waals surface area contributed by atoms with E-state index in [9.17, 15) is 15.3 Å². The van der Waals surface area contributed by atoms with Gasteiger partial charge in [0.05, 0.1) is 5.60 Å². The summed E-state index contributed by atoms with van der Waals surface area (Å²) in [4.78, 5) is 0. The molecule has 0 aliphatic rings. The zero-order chi connectivity index (χ0) is 25.8. The lowest BCUT2D eigenvalue weighted by Gasteiger charge is -2.30. The van der Waals surface area contributed by atoms with E-state index >= 15 is 0 Å².